The second-order valence-corrected chi connectivity index (χ2v) is 4.20. The SMILES string of the molecule is CNc1cc(NCc2ccsc2)nc(C)n1. The Bertz CT molecular complexity index is 453. The van der Waals surface area contributed by atoms with Crippen LogP contribution in [0, 0.1) is 6.92 Å². The summed E-state index contributed by atoms with van der Waals surface area (Å²) in [5.74, 6) is 2.45. The molecule has 2 aromatic rings. The van der Waals surface area contributed by atoms with Crippen LogP contribution in [0.25, 0.3) is 0 Å². The highest BCUT2D eigenvalue weighted by molar-refractivity contribution is 7.07. The van der Waals surface area contributed by atoms with Gasteiger partial charge < -0.3 is 10.6 Å². The van der Waals surface area contributed by atoms with Gasteiger partial charge in [0.15, 0.2) is 0 Å². The third kappa shape index (κ3) is 2.70. The molecule has 0 saturated heterocycles. The van der Waals surface area contributed by atoms with Gasteiger partial charge in [0.2, 0.25) is 0 Å². The number of rotatable bonds is 4. The predicted molar refractivity (Wildman–Crippen MR) is 68.0 cm³/mol. The second kappa shape index (κ2) is 4.94. The summed E-state index contributed by atoms with van der Waals surface area (Å²) in [7, 11) is 1.85. The van der Waals surface area contributed by atoms with Gasteiger partial charge in [-0.15, -0.1) is 0 Å². The van der Waals surface area contributed by atoms with Gasteiger partial charge in [-0.2, -0.15) is 11.3 Å². The fourth-order valence-corrected chi connectivity index (χ4v) is 2.04. The van der Waals surface area contributed by atoms with Crippen molar-refractivity contribution in [2.24, 2.45) is 0 Å². The Morgan fingerprint density at radius 3 is 2.81 bits per heavy atom. The molecule has 84 valence electrons. The minimum atomic E-state index is 0.764. The topological polar surface area (TPSA) is 49.8 Å². The van der Waals surface area contributed by atoms with E-state index in [-0.39, 0.29) is 0 Å². The lowest BCUT2D eigenvalue weighted by Crippen LogP contribution is -2.04. The van der Waals surface area contributed by atoms with Gasteiger partial charge >= 0.3 is 0 Å². The quantitative estimate of drug-likeness (QED) is 0.853. The van der Waals surface area contributed by atoms with Crippen LogP contribution in [0.5, 0.6) is 0 Å². The number of nitrogens with zero attached hydrogens (tertiary/aromatic N) is 2. The Morgan fingerprint density at radius 2 is 2.12 bits per heavy atom. The molecule has 4 nitrogen and oxygen atoms in total. The van der Waals surface area contributed by atoms with Crippen molar-refractivity contribution in [3.05, 3.63) is 34.3 Å². The van der Waals surface area contributed by atoms with Crippen LogP contribution in [0.2, 0.25) is 0 Å². The molecule has 0 amide bonds. The zero-order valence-electron chi connectivity index (χ0n) is 9.32. The third-order valence-corrected chi connectivity index (χ3v) is 2.88. The number of thiophene rings is 1. The molecule has 0 atom stereocenters. The maximum Gasteiger partial charge on any atom is 0.132 e. The summed E-state index contributed by atoms with van der Waals surface area (Å²) in [6.45, 7) is 2.68. The average molecular weight is 234 g/mol. The number of anilines is 2. The van der Waals surface area contributed by atoms with E-state index in [9.17, 15) is 0 Å². The van der Waals surface area contributed by atoms with Gasteiger partial charge in [0.1, 0.15) is 17.5 Å². The molecule has 5 heteroatoms. The second-order valence-electron chi connectivity index (χ2n) is 3.42. The van der Waals surface area contributed by atoms with Gasteiger partial charge in [-0.05, 0) is 29.3 Å². The zero-order valence-corrected chi connectivity index (χ0v) is 10.1. The largest absolute Gasteiger partial charge is 0.373 e. The summed E-state index contributed by atoms with van der Waals surface area (Å²) in [6, 6.07) is 4.00. The Kier molecular flexibility index (Phi) is 3.36. The molecular weight excluding hydrogens is 220 g/mol. The summed E-state index contributed by atoms with van der Waals surface area (Å²) >= 11 is 1.70. The normalized spacial score (nSPS) is 10.1. The average Bonchev–Trinajstić information content (AvgIpc) is 2.78. The van der Waals surface area contributed by atoms with Crippen molar-refractivity contribution in [1.29, 1.82) is 0 Å². The lowest BCUT2D eigenvalue weighted by Gasteiger charge is -2.07. The predicted octanol–water partition coefficient (Wildman–Crippen LogP) is 2.50. The molecule has 2 aromatic heterocycles. The van der Waals surface area contributed by atoms with Crippen LogP contribution in [0.1, 0.15) is 11.4 Å². The molecular formula is C11H14N4S. The van der Waals surface area contributed by atoms with E-state index in [0.29, 0.717) is 0 Å². The van der Waals surface area contributed by atoms with E-state index in [4.69, 9.17) is 0 Å². The summed E-state index contributed by atoms with van der Waals surface area (Å²) in [5, 5.41) is 10.5. The maximum atomic E-state index is 4.32. The van der Waals surface area contributed by atoms with Crippen molar-refractivity contribution in [2.75, 3.05) is 17.7 Å². The minimum absolute atomic E-state index is 0.764. The molecule has 0 aromatic carbocycles. The van der Waals surface area contributed by atoms with Gasteiger partial charge in [0.25, 0.3) is 0 Å². The molecule has 16 heavy (non-hydrogen) atoms. The van der Waals surface area contributed by atoms with Gasteiger partial charge in [-0.1, -0.05) is 0 Å². The summed E-state index contributed by atoms with van der Waals surface area (Å²) in [6.07, 6.45) is 0. The van der Waals surface area contributed by atoms with Crippen molar-refractivity contribution in [3.63, 3.8) is 0 Å². The monoisotopic (exact) mass is 234 g/mol. The van der Waals surface area contributed by atoms with Crippen molar-refractivity contribution < 1.29 is 0 Å². The number of nitrogens with one attached hydrogen (secondary N) is 2. The molecule has 0 unspecified atom stereocenters. The van der Waals surface area contributed by atoms with E-state index in [1.807, 2.05) is 20.0 Å². The first-order chi connectivity index (χ1) is 7.78. The molecule has 0 radical (unpaired) electrons. The molecule has 0 bridgehead atoms. The highest BCUT2D eigenvalue weighted by Crippen LogP contribution is 2.12. The Balaban J connectivity index is 2.06. The first kappa shape index (κ1) is 10.9. The van der Waals surface area contributed by atoms with E-state index < -0.39 is 0 Å². The van der Waals surface area contributed by atoms with Crippen LogP contribution in [0.3, 0.4) is 0 Å². The van der Waals surface area contributed by atoms with Crippen LogP contribution in [0.4, 0.5) is 11.6 Å². The third-order valence-electron chi connectivity index (χ3n) is 2.15. The highest BCUT2D eigenvalue weighted by Gasteiger charge is 2.00. The van der Waals surface area contributed by atoms with Gasteiger partial charge in [0, 0.05) is 19.7 Å². The zero-order chi connectivity index (χ0) is 11.4. The van der Waals surface area contributed by atoms with E-state index in [1.165, 1.54) is 5.56 Å². The molecule has 0 saturated carbocycles. The minimum Gasteiger partial charge on any atom is -0.373 e. The Morgan fingerprint density at radius 1 is 1.31 bits per heavy atom. The van der Waals surface area contributed by atoms with Crippen molar-refractivity contribution in [1.82, 2.24) is 9.97 Å². The smallest absolute Gasteiger partial charge is 0.132 e. The van der Waals surface area contributed by atoms with E-state index in [0.717, 1.165) is 24.0 Å². The molecule has 0 aliphatic heterocycles. The molecule has 0 fully saturated rings. The molecule has 0 aliphatic carbocycles. The van der Waals surface area contributed by atoms with Gasteiger partial charge in [-0.25, -0.2) is 9.97 Å². The van der Waals surface area contributed by atoms with Crippen LogP contribution >= 0.6 is 11.3 Å². The number of aromatic nitrogens is 2. The Labute approximate surface area is 98.8 Å². The number of hydrogen-bond donors (Lipinski definition) is 2. The van der Waals surface area contributed by atoms with Crippen molar-refractivity contribution in [3.8, 4) is 0 Å². The number of aryl methyl sites for hydroxylation is 1. The first-order valence-corrected chi connectivity index (χ1v) is 6.00. The van der Waals surface area contributed by atoms with Crippen LogP contribution in [0.15, 0.2) is 22.9 Å². The highest BCUT2D eigenvalue weighted by atomic mass is 32.1. The lowest BCUT2D eigenvalue weighted by molar-refractivity contribution is 1.02. The molecule has 0 aliphatic rings. The lowest BCUT2D eigenvalue weighted by atomic mass is 10.3. The fourth-order valence-electron chi connectivity index (χ4n) is 1.37. The fraction of sp³-hybridized carbons (Fsp3) is 0.273. The van der Waals surface area contributed by atoms with Crippen molar-refractivity contribution >= 4 is 23.0 Å². The molecule has 2 heterocycles. The van der Waals surface area contributed by atoms with Crippen LogP contribution in [-0.4, -0.2) is 17.0 Å². The standard InChI is InChI=1S/C11H14N4S/c1-8-14-10(12-2)5-11(15-8)13-6-9-3-4-16-7-9/h3-5,7H,6H2,1-2H3,(H2,12,13,14,15). The van der Waals surface area contributed by atoms with Gasteiger partial charge in [0.05, 0.1) is 0 Å². The van der Waals surface area contributed by atoms with Crippen LogP contribution < -0.4 is 10.6 Å². The summed E-state index contributed by atoms with van der Waals surface area (Å²) in [5.41, 5.74) is 1.27. The van der Waals surface area contributed by atoms with E-state index >= 15 is 0 Å². The maximum absolute atomic E-state index is 4.32. The summed E-state index contributed by atoms with van der Waals surface area (Å²) < 4.78 is 0. The first-order valence-electron chi connectivity index (χ1n) is 5.06. The van der Waals surface area contributed by atoms with Gasteiger partial charge in [-0.3, -0.25) is 0 Å². The molecule has 2 rings (SSSR count). The van der Waals surface area contributed by atoms with E-state index in [1.54, 1.807) is 11.3 Å². The number of hydrogen-bond acceptors (Lipinski definition) is 5. The van der Waals surface area contributed by atoms with E-state index in [2.05, 4.69) is 37.4 Å². The summed E-state index contributed by atoms with van der Waals surface area (Å²) in [4.78, 5) is 8.56. The van der Waals surface area contributed by atoms with Crippen molar-refractivity contribution in [2.45, 2.75) is 13.5 Å². The Hall–Kier alpha value is -1.62. The molecule has 2 N–H and O–H groups in total. The van der Waals surface area contributed by atoms with Crippen LogP contribution in [-0.2, 0) is 6.54 Å². The molecule has 0 spiro atoms.